The number of anilines is 1. The molecule has 0 fully saturated rings. The molecule has 0 bridgehead atoms. The second-order valence-electron chi connectivity index (χ2n) is 8.33. The van der Waals surface area contributed by atoms with Crippen LogP contribution >= 0.6 is 0 Å². The van der Waals surface area contributed by atoms with E-state index >= 15 is 0 Å². The van der Waals surface area contributed by atoms with E-state index in [-0.39, 0.29) is 11.5 Å². The van der Waals surface area contributed by atoms with Crippen LogP contribution in [0.3, 0.4) is 0 Å². The Hall–Kier alpha value is -3.32. The van der Waals surface area contributed by atoms with Crippen molar-refractivity contribution in [1.82, 2.24) is 0 Å². The van der Waals surface area contributed by atoms with Crippen LogP contribution < -0.4 is 5.32 Å². The molecule has 29 heavy (non-hydrogen) atoms. The molecule has 3 aromatic carbocycles. The van der Waals surface area contributed by atoms with Crippen molar-refractivity contribution in [3.05, 3.63) is 120 Å². The van der Waals surface area contributed by atoms with Gasteiger partial charge in [0.05, 0.1) is 6.04 Å². The summed E-state index contributed by atoms with van der Waals surface area (Å²) in [5, 5.41) is 3.68. The van der Waals surface area contributed by atoms with Crippen LogP contribution in [0.25, 0.3) is 16.7 Å². The summed E-state index contributed by atoms with van der Waals surface area (Å²) in [4.78, 5) is 0. The van der Waals surface area contributed by atoms with Gasteiger partial charge in [0.25, 0.3) is 0 Å². The molecule has 2 aliphatic rings. The number of rotatable bonds is 3. The summed E-state index contributed by atoms with van der Waals surface area (Å²) < 4.78 is 0. The number of nitrogens with one attached hydrogen (secondary N) is 1. The predicted octanol–water partition coefficient (Wildman–Crippen LogP) is 6.98. The van der Waals surface area contributed by atoms with Crippen molar-refractivity contribution in [2.75, 3.05) is 5.32 Å². The van der Waals surface area contributed by atoms with Crippen LogP contribution in [0.1, 0.15) is 30.5 Å². The highest BCUT2D eigenvalue weighted by atomic mass is 14.9. The lowest BCUT2D eigenvalue weighted by Crippen LogP contribution is -2.17. The first-order chi connectivity index (χ1) is 14.1. The highest BCUT2D eigenvalue weighted by molar-refractivity contribution is 5.82. The van der Waals surface area contributed by atoms with Crippen molar-refractivity contribution in [1.29, 1.82) is 0 Å². The zero-order valence-electron chi connectivity index (χ0n) is 16.9. The molecule has 0 saturated heterocycles. The van der Waals surface area contributed by atoms with Gasteiger partial charge in [0.2, 0.25) is 0 Å². The topological polar surface area (TPSA) is 12.0 Å². The molecule has 3 aromatic rings. The van der Waals surface area contributed by atoms with Gasteiger partial charge in [-0.15, -0.1) is 0 Å². The molecule has 5 rings (SSSR count). The van der Waals surface area contributed by atoms with E-state index in [1.807, 2.05) is 0 Å². The van der Waals surface area contributed by atoms with E-state index in [0.717, 1.165) is 5.69 Å². The number of fused-ring (bicyclic) bond motifs is 3. The van der Waals surface area contributed by atoms with Crippen LogP contribution in [0.4, 0.5) is 5.69 Å². The Morgan fingerprint density at radius 3 is 2.38 bits per heavy atom. The van der Waals surface area contributed by atoms with Crippen molar-refractivity contribution < 1.29 is 0 Å². The summed E-state index contributed by atoms with van der Waals surface area (Å²) in [7, 11) is 0. The van der Waals surface area contributed by atoms with Gasteiger partial charge in [-0.3, -0.25) is 0 Å². The van der Waals surface area contributed by atoms with Gasteiger partial charge in [-0.1, -0.05) is 105 Å². The molecule has 2 aliphatic carbocycles. The first-order valence-corrected chi connectivity index (χ1v) is 10.3. The molecule has 0 amide bonds. The normalized spacial score (nSPS) is 18.6. The minimum absolute atomic E-state index is 0.0286. The van der Waals surface area contributed by atoms with Crippen LogP contribution in [0.2, 0.25) is 0 Å². The molecule has 1 unspecified atom stereocenters. The largest absolute Gasteiger partial charge is 0.375 e. The van der Waals surface area contributed by atoms with Crippen molar-refractivity contribution in [3.8, 4) is 11.1 Å². The maximum atomic E-state index is 3.68. The van der Waals surface area contributed by atoms with Gasteiger partial charge in [-0.25, -0.2) is 0 Å². The third-order valence-corrected chi connectivity index (χ3v) is 6.10. The zero-order chi connectivity index (χ0) is 19.8. The van der Waals surface area contributed by atoms with Crippen molar-refractivity contribution >= 4 is 11.3 Å². The van der Waals surface area contributed by atoms with Crippen LogP contribution in [0, 0.1) is 0 Å². The summed E-state index contributed by atoms with van der Waals surface area (Å²) in [5.41, 5.74) is 9.20. The summed E-state index contributed by atoms with van der Waals surface area (Å²) in [6.07, 6.45) is 11.0. The molecular weight excluding hydrogens is 350 g/mol. The first kappa shape index (κ1) is 17.8. The minimum atomic E-state index is 0.0286. The molecule has 0 aromatic heterocycles. The Morgan fingerprint density at radius 1 is 0.759 bits per heavy atom. The Bertz CT molecular complexity index is 1150. The molecule has 142 valence electrons. The van der Waals surface area contributed by atoms with Gasteiger partial charge >= 0.3 is 0 Å². The molecule has 0 radical (unpaired) electrons. The Kier molecular flexibility index (Phi) is 4.24. The van der Waals surface area contributed by atoms with Crippen LogP contribution in [0.15, 0.2) is 103 Å². The Balaban J connectivity index is 1.40. The molecule has 0 aliphatic heterocycles. The SMILES string of the molecule is CC1(C)c2ccccc2-c2ccc(NC3C=CC=C(c4ccccc4)C=C3)cc21. The molecular formula is C28H25N. The quantitative estimate of drug-likeness (QED) is 0.520. The van der Waals surface area contributed by atoms with E-state index in [2.05, 4.69) is 122 Å². The summed E-state index contributed by atoms with van der Waals surface area (Å²) in [6.45, 7) is 4.64. The third-order valence-electron chi connectivity index (χ3n) is 6.10. The van der Waals surface area contributed by atoms with E-state index in [4.69, 9.17) is 0 Å². The van der Waals surface area contributed by atoms with Crippen molar-refractivity contribution in [3.63, 3.8) is 0 Å². The van der Waals surface area contributed by atoms with Crippen LogP contribution in [0.5, 0.6) is 0 Å². The molecule has 0 heterocycles. The number of allylic oxidation sites excluding steroid dienone is 4. The summed E-state index contributed by atoms with van der Waals surface area (Å²) in [6, 6.07) is 26.3. The van der Waals surface area contributed by atoms with Gasteiger partial charge in [-0.05, 0) is 45.5 Å². The first-order valence-electron chi connectivity index (χ1n) is 10.3. The third kappa shape index (κ3) is 3.13. The van der Waals surface area contributed by atoms with Crippen LogP contribution in [-0.4, -0.2) is 6.04 Å². The van der Waals surface area contributed by atoms with E-state index in [9.17, 15) is 0 Å². The summed E-state index contributed by atoms with van der Waals surface area (Å²) in [5.74, 6) is 0. The predicted molar refractivity (Wildman–Crippen MR) is 124 cm³/mol. The molecule has 0 spiro atoms. The molecule has 1 heteroatoms. The van der Waals surface area contributed by atoms with Gasteiger partial charge in [0, 0.05) is 11.1 Å². The summed E-state index contributed by atoms with van der Waals surface area (Å²) >= 11 is 0. The Morgan fingerprint density at radius 2 is 1.52 bits per heavy atom. The smallest absolute Gasteiger partial charge is 0.0634 e. The standard InChI is InChI=1S/C28H25N/c1-28(2)26-14-7-6-13-24(26)25-18-17-23(19-27(25)28)29-22-12-8-11-21(15-16-22)20-9-4-3-5-10-20/h3-19,22,29H,1-2H3. The second kappa shape index (κ2) is 6.93. The highest BCUT2D eigenvalue weighted by Crippen LogP contribution is 2.49. The lowest BCUT2D eigenvalue weighted by molar-refractivity contribution is 0.660. The fourth-order valence-electron chi connectivity index (χ4n) is 4.51. The zero-order valence-corrected chi connectivity index (χ0v) is 16.9. The molecule has 1 atom stereocenters. The average molecular weight is 376 g/mol. The maximum Gasteiger partial charge on any atom is 0.0634 e. The van der Waals surface area contributed by atoms with E-state index < -0.39 is 0 Å². The van der Waals surface area contributed by atoms with E-state index in [1.54, 1.807) is 0 Å². The second-order valence-corrected chi connectivity index (χ2v) is 8.33. The maximum absolute atomic E-state index is 3.68. The monoisotopic (exact) mass is 375 g/mol. The lowest BCUT2D eigenvalue weighted by atomic mass is 9.82. The number of hydrogen-bond acceptors (Lipinski definition) is 1. The fraction of sp³-hybridized carbons (Fsp3) is 0.143. The molecule has 1 nitrogen and oxygen atoms in total. The molecule has 1 N–H and O–H groups in total. The number of hydrogen-bond donors (Lipinski definition) is 1. The lowest BCUT2D eigenvalue weighted by Gasteiger charge is -2.22. The highest BCUT2D eigenvalue weighted by Gasteiger charge is 2.35. The van der Waals surface area contributed by atoms with E-state index in [1.165, 1.54) is 33.4 Å². The average Bonchev–Trinajstić information content (AvgIpc) is 2.89. The van der Waals surface area contributed by atoms with Gasteiger partial charge in [0.1, 0.15) is 0 Å². The van der Waals surface area contributed by atoms with Gasteiger partial charge in [0.15, 0.2) is 0 Å². The van der Waals surface area contributed by atoms with E-state index in [0.29, 0.717) is 0 Å². The van der Waals surface area contributed by atoms with Crippen LogP contribution in [-0.2, 0) is 5.41 Å². The van der Waals surface area contributed by atoms with Gasteiger partial charge in [-0.2, -0.15) is 0 Å². The van der Waals surface area contributed by atoms with Gasteiger partial charge < -0.3 is 5.32 Å². The van der Waals surface area contributed by atoms with Crippen molar-refractivity contribution in [2.45, 2.75) is 25.3 Å². The fourth-order valence-corrected chi connectivity index (χ4v) is 4.51. The number of benzene rings is 3. The Labute approximate surface area is 173 Å². The molecule has 0 saturated carbocycles. The van der Waals surface area contributed by atoms with Crippen molar-refractivity contribution in [2.24, 2.45) is 0 Å². The minimum Gasteiger partial charge on any atom is -0.375 e.